The number of hydrogen-bond acceptors (Lipinski definition) is 0. The molecule has 0 amide bonds. The van der Waals surface area contributed by atoms with E-state index in [1.54, 1.807) is 0 Å². The molecular formula is C108H72. The van der Waals surface area contributed by atoms with Gasteiger partial charge in [0.1, 0.15) is 0 Å². The van der Waals surface area contributed by atoms with E-state index in [1.807, 2.05) is 0 Å². The molecule has 0 spiro atoms. The van der Waals surface area contributed by atoms with Gasteiger partial charge in [-0.3, -0.25) is 0 Å². The van der Waals surface area contributed by atoms with E-state index in [2.05, 4.69) is 437 Å². The van der Waals surface area contributed by atoms with E-state index in [4.69, 9.17) is 0 Å². The summed E-state index contributed by atoms with van der Waals surface area (Å²) >= 11 is 0. The van der Waals surface area contributed by atoms with Gasteiger partial charge < -0.3 is 0 Å². The highest BCUT2D eigenvalue weighted by atomic mass is 14.2. The first-order chi connectivity index (χ1) is 53.6. The standard InChI is InChI=1S/3C36H24/c1-2-12-26(13-3-1)35-31-17-6-8-19-33(31)36(34-20-9-7-18-32(34)35)30-16-10-15-28(24-30)29-22-21-25-11-4-5-14-27(25)23-29;1-2-11-27(12-3-1)35-31-14-6-8-16-33(31)36(34-17-9-7-15-32(34)35)28-21-18-26(19-22-28)30-23-20-25-10-4-5-13-29(25)24-30;1-2-13-26(14-3-1)35-31-18-8-10-20-33(31)36(34-21-11-9-19-32(34)35)30-17-7-6-16-29(30)28-23-22-25-12-4-5-15-27(25)24-28/h3*1-24H. The van der Waals surface area contributed by atoms with Crippen LogP contribution in [0.5, 0.6) is 0 Å². The molecular weight excluding hydrogens is 1300 g/mol. The van der Waals surface area contributed by atoms with Gasteiger partial charge in [-0.05, 0) is 221 Å². The second-order valence-electron chi connectivity index (χ2n) is 28.0. The van der Waals surface area contributed by atoms with Gasteiger partial charge in [0.25, 0.3) is 0 Å². The van der Waals surface area contributed by atoms with E-state index >= 15 is 0 Å². The highest BCUT2D eigenvalue weighted by Gasteiger charge is 2.22. The topological polar surface area (TPSA) is 0 Å². The van der Waals surface area contributed by atoms with E-state index in [0.29, 0.717) is 0 Å². The molecule has 0 unspecified atom stereocenters. The average molecular weight is 1370 g/mol. The van der Waals surface area contributed by atoms with Crippen LogP contribution in [0, 0.1) is 0 Å². The molecule has 0 nitrogen and oxygen atoms in total. The van der Waals surface area contributed by atoms with Crippen LogP contribution >= 0.6 is 0 Å². The molecule has 0 aromatic heterocycles. The third-order valence-corrected chi connectivity index (χ3v) is 21.7. The van der Waals surface area contributed by atoms with Crippen LogP contribution in [-0.4, -0.2) is 0 Å². The first-order valence-corrected chi connectivity index (χ1v) is 37.4. The van der Waals surface area contributed by atoms with Crippen LogP contribution in [0.2, 0.25) is 0 Å². The first-order valence-electron chi connectivity index (χ1n) is 37.4. The van der Waals surface area contributed by atoms with Gasteiger partial charge in [0, 0.05) is 0 Å². The Morgan fingerprint density at radius 2 is 0.306 bits per heavy atom. The number of fused-ring (bicyclic) bond motifs is 9. The molecule has 0 aliphatic heterocycles. The molecule has 21 rings (SSSR count). The number of rotatable bonds is 9. The second kappa shape index (κ2) is 28.5. The van der Waals surface area contributed by atoms with Gasteiger partial charge in [-0.25, -0.2) is 0 Å². The zero-order valence-corrected chi connectivity index (χ0v) is 59.6. The van der Waals surface area contributed by atoms with Gasteiger partial charge in [0.15, 0.2) is 0 Å². The predicted molar refractivity (Wildman–Crippen MR) is 466 cm³/mol. The molecule has 0 saturated carbocycles. The zero-order valence-electron chi connectivity index (χ0n) is 59.6. The summed E-state index contributed by atoms with van der Waals surface area (Å²) in [5.74, 6) is 0. The van der Waals surface area contributed by atoms with Gasteiger partial charge in [-0.2, -0.15) is 0 Å². The average Bonchev–Trinajstić information content (AvgIpc) is 0.744. The van der Waals surface area contributed by atoms with Crippen molar-refractivity contribution in [3.05, 3.63) is 437 Å². The van der Waals surface area contributed by atoms with Gasteiger partial charge in [-0.1, -0.05) is 413 Å². The molecule has 0 saturated heterocycles. The maximum atomic E-state index is 2.35. The maximum Gasteiger partial charge on any atom is -0.00201 e. The van der Waals surface area contributed by atoms with Crippen molar-refractivity contribution in [1.82, 2.24) is 0 Å². The van der Waals surface area contributed by atoms with Crippen LogP contribution in [0.25, 0.3) is 197 Å². The Morgan fingerprint density at radius 3 is 0.667 bits per heavy atom. The molecule has 21 aromatic carbocycles. The summed E-state index contributed by atoms with van der Waals surface area (Å²) in [5.41, 5.74) is 22.7. The van der Waals surface area contributed by atoms with Gasteiger partial charge in [-0.15, -0.1) is 0 Å². The molecule has 0 fully saturated rings. The SMILES string of the molecule is c1ccc(-c2c3ccccc3c(-c3ccc(-c4ccc5ccccc5c4)cc3)c3ccccc23)cc1.c1ccc(-c2c3ccccc3c(-c3cccc(-c4ccc5ccccc5c4)c3)c3ccccc23)cc1.c1ccc(-c2c3ccccc3c(-c3ccccc3-c3ccc4ccccc4c3)c3ccccc23)cc1. The van der Waals surface area contributed by atoms with E-state index in [1.165, 1.54) is 197 Å². The monoisotopic (exact) mass is 1370 g/mol. The van der Waals surface area contributed by atoms with Crippen molar-refractivity contribution in [1.29, 1.82) is 0 Å². The van der Waals surface area contributed by atoms with Gasteiger partial charge in [0.2, 0.25) is 0 Å². The van der Waals surface area contributed by atoms with Crippen LogP contribution in [0.1, 0.15) is 0 Å². The molecule has 504 valence electrons. The lowest BCUT2D eigenvalue weighted by molar-refractivity contribution is 1.62. The molecule has 108 heavy (non-hydrogen) atoms. The molecule has 0 bridgehead atoms. The summed E-state index contributed by atoms with van der Waals surface area (Å²) in [6.45, 7) is 0. The molecule has 0 aliphatic rings. The summed E-state index contributed by atoms with van der Waals surface area (Å²) in [7, 11) is 0. The van der Waals surface area contributed by atoms with Crippen molar-refractivity contribution in [2.75, 3.05) is 0 Å². The summed E-state index contributed by atoms with van der Waals surface area (Å²) in [5, 5.41) is 23.0. The molecule has 0 heteroatoms. The van der Waals surface area contributed by atoms with E-state index in [9.17, 15) is 0 Å². The summed E-state index contributed by atoms with van der Waals surface area (Å²) < 4.78 is 0. The van der Waals surface area contributed by atoms with Crippen molar-refractivity contribution in [2.24, 2.45) is 0 Å². The normalized spacial score (nSPS) is 11.3. The minimum atomic E-state index is 1.23. The lowest BCUT2D eigenvalue weighted by Gasteiger charge is -2.19. The van der Waals surface area contributed by atoms with Crippen molar-refractivity contribution in [3.8, 4) is 100 Å². The van der Waals surface area contributed by atoms with Crippen LogP contribution < -0.4 is 0 Å². The maximum absolute atomic E-state index is 2.35. The minimum absolute atomic E-state index is 1.23. The fourth-order valence-electron chi connectivity index (χ4n) is 16.8. The largest absolute Gasteiger partial charge is 0.0622 e. The second-order valence-corrected chi connectivity index (χ2v) is 28.0. The molecule has 0 heterocycles. The number of hydrogen-bond donors (Lipinski definition) is 0. The fourth-order valence-corrected chi connectivity index (χ4v) is 16.8. The van der Waals surface area contributed by atoms with Crippen molar-refractivity contribution < 1.29 is 0 Å². The van der Waals surface area contributed by atoms with Crippen LogP contribution in [0.15, 0.2) is 437 Å². The Labute approximate surface area is 629 Å². The zero-order chi connectivity index (χ0) is 71.7. The quantitative estimate of drug-likeness (QED) is 0.126. The number of benzene rings is 21. The van der Waals surface area contributed by atoms with E-state index < -0.39 is 0 Å². The Bertz CT molecular complexity index is 6750. The molecule has 0 atom stereocenters. The van der Waals surface area contributed by atoms with Crippen LogP contribution in [0.4, 0.5) is 0 Å². The molecule has 0 radical (unpaired) electrons. The summed E-state index contributed by atoms with van der Waals surface area (Å²) in [6, 6.07) is 158. The smallest absolute Gasteiger partial charge is 0.00201 e. The van der Waals surface area contributed by atoms with E-state index in [-0.39, 0.29) is 0 Å². The highest BCUT2D eigenvalue weighted by Crippen LogP contribution is 2.49. The first kappa shape index (κ1) is 64.8. The lowest BCUT2D eigenvalue weighted by Crippen LogP contribution is -1.92. The Hall–Kier alpha value is -14.0. The Balaban J connectivity index is 0.000000110. The third kappa shape index (κ3) is 12.1. The molecule has 0 N–H and O–H groups in total. The van der Waals surface area contributed by atoms with Crippen LogP contribution in [0.3, 0.4) is 0 Å². The predicted octanol–water partition coefficient (Wildman–Crippen LogP) is 30.4. The van der Waals surface area contributed by atoms with E-state index in [0.717, 1.165) is 0 Å². The summed E-state index contributed by atoms with van der Waals surface area (Å²) in [4.78, 5) is 0. The summed E-state index contributed by atoms with van der Waals surface area (Å²) in [6.07, 6.45) is 0. The third-order valence-electron chi connectivity index (χ3n) is 21.7. The fraction of sp³-hybridized carbons (Fsp3) is 0. The van der Waals surface area contributed by atoms with Crippen LogP contribution in [-0.2, 0) is 0 Å². The minimum Gasteiger partial charge on any atom is -0.0622 e. The highest BCUT2D eigenvalue weighted by molar-refractivity contribution is 6.25. The molecule has 0 aliphatic carbocycles. The van der Waals surface area contributed by atoms with Gasteiger partial charge >= 0.3 is 0 Å². The van der Waals surface area contributed by atoms with Crippen molar-refractivity contribution >= 4 is 97.0 Å². The molecule has 21 aromatic rings. The van der Waals surface area contributed by atoms with Crippen molar-refractivity contribution in [3.63, 3.8) is 0 Å². The lowest BCUT2D eigenvalue weighted by atomic mass is 9.84. The van der Waals surface area contributed by atoms with Gasteiger partial charge in [0.05, 0.1) is 0 Å². The van der Waals surface area contributed by atoms with Crippen molar-refractivity contribution in [2.45, 2.75) is 0 Å². The Morgan fingerprint density at radius 1 is 0.0926 bits per heavy atom. The Kier molecular flexibility index (Phi) is 17.1.